The molecule has 0 fully saturated rings. The van der Waals surface area contributed by atoms with E-state index in [1.807, 2.05) is 38.1 Å². The van der Waals surface area contributed by atoms with Gasteiger partial charge in [-0.2, -0.15) is 0 Å². The van der Waals surface area contributed by atoms with Crippen molar-refractivity contribution in [1.82, 2.24) is 4.98 Å². The van der Waals surface area contributed by atoms with E-state index >= 15 is 0 Å². The number of aromatic nitrogens is 1. The summed E-state index contributed by atoms with van der Waals surface area (Å²) in [5, 5.41) is 0. The smallest absolute Gasteiger partial charge is 0.127 e. The number of halogens is 1. The average molecular weight is 262 g/mol. The molecule has 1 aromatic heterocycles. The molecule has 1 aromatic carbocycles. The summed E-state index contributed by atoms with van der Waals surface area (Å²) in [5.74, 6) is 1.22. The molecule has 18 heavy (non-hydrogen) atoms. The number of nitrogens with zero attached hydrogens (tertiary/aromatic N) is 1. The number of alkyl halides is 1. The van der Waals surface area contributed by atoms with Gasteiger partial charge in [-0.15, -0.1) is 11.6 Å². The number of benzene rings is 1. The minimum Gasteiger partial charge on any atom is -0.486 e. The molecule has 3 heteroatoms. The zero-order chi connectivity index (χ0) is 13.0. The predicted octanol–water partition coefficient (Wildman–Crippen LogP) is 4.27. The third-order valence-corrected chi connectivity index (χ3v) is 3.09. The van der Waals surface area contributed by atoms with Gasteiger partial charge in [0.05, 0.1) is 5.88 Å². The Morgan fingerprint density at radius 3 is 2.67 bits per heavy atom. The Morgan fingerprint density at radius 1 is 1.28 bits per heavy atom. The third-order valence-electron chi connectivity index (χ3n) is 2.80. The molecule has 0 saturated heterocycles. The Bertz CT molecular complexity index is 513. The lowest BCUT2D eigenvalue weighted by Gasteiger charge is -2.17. The Morgan fingerprint density at radius 2 is 2.00 bits per heavy atom. The second kappa shape index (κ2) is 5.87. The van der Waals surface area contributed by atoms with E-state index in [1.54, 1.807) is 6.20 Å². The molecule has 2 rings (SSSR count). The van der Waals surface area contributed by atoms with E-state index in [1.165, 1.54) is 0 Å². The Hall–Kier alpha value is -1.54. The first kappa shape index (κ1) is 12.9. The molecule has 0 bridgehead atoms. The zero-order valence-corrected chi connectivity index (χ0v) is 11.3. The van der Waals surface area contributed by atoms with E-state index in [-0.39, 0.29) is 6.10 Å². The van der Waals surface area contributed by atoms with Crippen LogP contribution >= 0.6 is 11.6 Å². The van der Waals surface area contributed by atoms with Gasteiger partial charge in [-0.3, -0.25) is 4.98 Å². The predicted molar refractivity (Wildman–Crippen MR) is 74.0 cm³/mol. The molecular formula is C15H16ClNO. The highest BCUT2D eigenvalue weighted by molar-refractivity contribution is 6.17. The Balaban J connectivity index is 2.21. The van der Waals surface area contributed by atoms with Crippen molar-refractivity contribution in [3.63, 3.8) is 0 Å². The molecule has 2 nitrogen and oxygen atoms in total. The molecule has 0 amide bonds. The van der Waals surface area contributed by atoms with Crippen molar-refractivity contribution in [2.45, 2.75) is 25.8 Å². The molecule has 1 atom stereocenters. The van der Waals surface area contributed by atoms with Crippen LogP contribution in [0.2, 0.25) is 0 Å². The molecule has 0 aliphatic carbocycles. The minimum absolute atomic E-state index is 0.00466. The molecular weight excluding hydrogens is 246 g/mol. The fourth-order valence-corrected chi connectivity index (χ4v) is 1.96. The minimum atomic E-state index is -0.00466. The third kappa shape index (κ3) is 3.02. The normalized spacial score (nSPS) is 12.2. The number of hydrogen-bond acceptors (Lipinski definition) is 2. The van der Waals surface area contributed by atoms with Crippen LogP contribution in [0.4, 0.5) is 0 Å². The first-order valence-corrected chi connectivity index (χ1v) is 6.47. The Kier molecular flexibility index (Phi) is 4.21. The van der Waals surface area contributed by atoms with Gasteiger partial charge >= 0.3 is 0 Å². The average Bonchev–Trinajstić information content (AvgIpc) is 2.40. The fourth-order valence-electron chi connectivity index (χ4n) is 1.76. The summed E-state index contributed by atoms with van der Waals surface area (Å²) in [7, 11) is 0. The topological polar surface area (TPSA) is 22.1 Å². The Labute approximate surface area is 113 Å². The van der Waals surface area contributed by atoms with Gasteiger partial charge in [0.2, 0.25) is 0 Å². The van der Waals surface area contributed by atoms with Crippen molar-refractivity contribution in [2.24, 2.45) is 0 Å². The SMILES string of the molecule is Cc1cc(OC(C)c2ccccc2)c(CCl)cn1. The molecule has 1 unspecified atom stereocenters. The number of ether oxygens (including phenoxy) is 1. The number of pyridine rings is 1. The largest absolute Gasteiger partial charge is 0.486 e. The molecule has 2 aromatic rings. The molecule has 0 aliphatic heterocycles. The summed E-state index contributed by atoms with van der Waals surface area (Å²) in [4.78, 5) is 4.23. The van der Waals surface area contributed by atoms with Crippen LogP contribution in [0, 0.1) is 6.92 Å². The monoisotopic (exact) mass is 261 g/mol. The van der Waals surface area contributed by atoms with Gasteiger partial charge < -0.3 is 4.74 Å². The fraction of sp³-hybridized carbons (Fsp3) is 0.267. The van der Waals surface area contributed by atoms with E-state index in [4.69, 9.17) is 16.3 Å². The van der Waals surface area contributed by atoms with Crippen molar-refractivity contribution >= 4 is 11.6 Å². The summed E-state index contributed by atoms with van der Waals surface area (Å²) in [6.45, 7) is 3.97. The molecule has 0 saturated carbocycles. The van der Waals surface area contributed by atoms with Crippen molar-refractivity contribution in [2.75, 3.05) is 0 Å². The first-order chi connectivity index (χ1) is 8.70. The second-order valence-electron chi connectivity index (χ2n) is 4.24. The first-order valence-electron chi connectivity index (χ1n) is 5.94. The van der Waals surface area contributed by atoms with E-state index < -0.39 is 0 Å². The van der Waals surface area contributed by atoms with Crippen LogP contribution in [0.25, 0.3) is 0 Å². The molecule has 0 spiro atoms. The van der Waals surface area contributed by atoms with Gasteiger partial charge in [0, 0.05) is 23.5 Å². The zero-order valence-electron chi connectivity index (χ0n) is 10.6. The van der Waals surface area contributed by atoms with E-state index in [2.05, 4.69) is 17.1 Å². The van der Waals surface area contributed by atoms with Gasteiger partial charge in [0.15, 0.2) is 0 Å². The van der Waals surface area contributed by atoms with Gasteiger partial charge in [0.1, 0.15) is 11.9 Å². The standard InChI is InChI=1S/C15H16ClNO/c1-11-8-15(14(9-16)10-17-11)18-12(2)13-6-4-3-5-7-13/h3-8,10,12H,9H2,1-2H3. The molecule has 1 heterocycles. The second-order valence-corrected chi connectivity index (χ2v) is 4.51. The number of aryl methyl sites for hydroxylation is 1. The highest BCUT2D eigenvalue weighted by atomic mass is 35.5. The van der Waals surface area contributed by atoms with Crippen LogP contribution in [0.1, 0.15) is 29.8 Å². The maximum Gasteiger partial charge on any atom is 0.127 e. The molecule has 0 radical (unpaired) electrons. The van der Waals surface area contributed by atoms with Crippen LogP contribution in [0.3, 0.4) is 0 Å². The van der Waals surface area contributed by atoms with Crippen molar-refractivity contribution in [1.29, 1.82) is 0 Å². The maximum atomic E-state index is 5.98. The van der Waals surface area contributed by atoms with Gasteiger partial charge in [0.25, 0.3) is 0 Å². The van der Waals surface area contributed by atoms with Crippen molar-refractivity contribution < 1.29 is 4.74 Å². The molecule has 0 aliphatic rings. The summed E-state index contributed by atoms with van der Waals surface area (Å²) in [6, 6.07) is 12.1. The quantitative estimate of drug-likeness (QED) is 0.767. The van der Waals surface area contributed by atoms with Gasteiger partial charge in [-0.25, -0.2) is 0 Å². The van der Waals surface area contributed by atoms with Crippen molar-refractivity contribution in [3.8, 4) is 5.75 Å². The van der Waals surface area contributed by atoms with Gasteiger partial charge in [-0.05, 0) is 19.4 Å². The maximum absolute atomic E-state index is 5.98. The van der Waals surface area contributed by atoms with Crippen LogP contribution in [0.5, 0.6) is 5.75 Å². The van der Waals surface area contributed by atoms with Gasteiger partial charge in [-0.1, -0.05) is 30.3 Å². The van der Waals surface area contributed by atoms with Crippen LogP contribution in [-0.2, 0) is 5.88 Å². The molecule has 94 valence electrons. The van der Waals surface area contributed by atoms with Crippen molar-refractivity contribution in [3.05, 3.63) is 59.4 Å². The summed E-state index contributed by atoms with van der Waals surface area (Å²) >= 11 is 5.89. The van der Waals surface area contributed by atoms with Crippen LogP contribution in [0.15, 0.2) is 42.6 Å². The van der Waals surface area contributed by atoms with Crippen LogP contribution in [-0.4, -0.2) is 4.98 Å². The van der Waals surface area contributed by atoms with E-state index in [9.17, 15) is 0 Å². The highest BCUT2D eigenvalue weighted by Crippen LogP contribution is 2.26. The van der Waals surface area contributed by atoms with E-state index in [0.29, 0.717) is 5.88 Å². The summed E-state index contributed by atoms with van der Waals surface area (Å²) < 4.78 is 5.98. The number of hydrogen-bond donors (Lipinski definition) is 0. The number of rotatable bonds is 4. The van der Waals surface area contributed by atoms with Crippen LogP contribution < -0.4 is 4.74 Å². The summed E-state index contributed by atoms with van der Waals surface area (Å²) in [6.07, 6.45) is 1.77. The molecule has 0 N–H and O–H groups in total. The lowest BCUT2D eigenvalue weighted by atomic mass is 10.1. The summed E-state index contributed by atoms with van der Waals surface area (Å²) in [5.41, 5.74) is 3.00. The lowest BCUT2D eigenvalue weighted by Crippen LogP contribution is -2.05. The van der Waals surface area contributed by atoms with E-state index in [0.717, 1.165) is 22.6 Å². The lowest BCUT2D eigenvalue weighted by molar-refractivity contribution is 0.225. The highest BCUT2D eigenvalue weighted by Gasteiger charge is 2.10.